The third-order valence-electron chi connectivity index (χ3n) is 3.02. The second-order valence-corrected chi connectivity index (χ2v) is 4.50. The van der Waals surface area contributed by atoms with Gasteiger partial charge in [0, 0.05) is 19.0 Å². The fourth-order valence-electron chi connectivity index (χ4n) is 1.66. The molecule has 5 heteroatoms. The Morgan fingerprint density at radius 3 is 3.00 bits per heavy atom. The number of nitrogens with one attached hydrogen (secondary N) is 1. The Labute approximate surface area is 95.0 Å². The summed E-state index contributed by atoms with van der Waals surface area (Å²) in [4.78, 5) is 4.21. The molecule has 0 saturated heterocycles. The van der Waals surface area contributed by atoms with Gasteiger partial charge in [-0.25, -0.2) is 9.67 Å². The SMILES string of the molecule is CCn1ncnc1CNCC1(CCl)CC1. The molecule has 1 saturated carbocycles. The average molecular weight is 229 g/mol. The van der Waals surface area contributed by atoms with Crippen molar-refractivity contribution in [1.29, 1.82) is 0 Å². The molecule has 0 aromatic carbocycles. The Kier molecular flexibility index (Phi) is 3.26. The predicted molar refractivity (Wildman–Crippen MR) is 59.8 cm³/mol. The van der Waals surface area contributed by atoms with E-state index in [2.05, 4.69) is 22.3 Å². The summed E-state index contributed by atoms with van der Waals surface area (Å²) in [5.74, 6) is 1.77. The van der Waals surface area contributed by atoms with Crippen LogP contribution in [0.2, 0.25) is 0 Å². The molecule has 1 N–H and O–H groups in total. The van der Waals surface area contributed by atoms with Crippen LogP contribution >= 0.6 is 11.6 Å². The van der Waals surface area contributed by atoms with Gasteiger partial charge >= 0.3 is 0 Å². The maximum atomic E-state index is 5.90. The van der Waals surface area contributed by atoms with Crippen LogP contribution in [-0.4, -0.2) is 27.2 Å². The number of aromatic nitrogens is 3. The van der Waals surface area contributed by atoms with Crippen molar-refractivity contribution in [2.45, 2.75) is 32.9 Å². The van der Waals surface area contributed by atoms with Gasteiger partial charge in [0.05, 0.1) is 6.54 Å². The van der Waals surface area contributed by atoms with E-state index in [-0.39, 0.29) is 0 Å². The minimum atomic E-state index is 0.374. The number of nitrogens with zero attached hydrogens (tertiary/aromatic N) is 3. The summed E-state index contributed by atoms with van der Waals surface area (Å²) in [6.45, 7) is 4.72. The first-order valence-corrected chi connectivity index (χ1v) is 5.96. The second kappa shape index (κ2) is 4.49. The lowest BCUT2D eigenvalue weighted by Crippen LogP contribution is -2.26. The number of rotatable bonds is 6. The van der Waals surface area contributed by atoms with E-state index in [9.17, 15) is 0 Å². The molecule has 15 heavy (non-hydrogen) atoms. The van der Waals surface area contributed by atoms with Crippen LogP contribution in [0.1, 0.15) is 25.6 Å². The number of halogens is 1. The van der Waals surface area contributed by atoms with Gasteiger partial charge in [-0.15, -0.1) is 11.6 Å². The quantitative estimate of drug-likeness (QED) is 0.749. The summed E-state index contributed by atoms with van der Waals surface area (Å²) in [5, 5.41) is 7.53. The van der Waals surface area contributed by atoms with Gasteiger partial charge in [-0.1, -0.05) is 0 Å². The smallest absolute Gasteiger partial charge is 0.140 e. The van der Waals surface area contributed by atoms with Crippen molar-refractivity contribution in [2.24, 2.45) is 5.41 Å². The molecule has 1 aromatic heterocycles. The zero-order valence-electron chi connectivity index (χ0n) is 9.04. The van der Waals surface area contributed by atoms with E-state index < -0.39 is 0 Å². The molecule has 0 atom stereocenters. The van der Waals surface area contributed by atoms with E-state index in [1.54, 1.807) is 6.33 Å². The Morgan fingerprint density at radius 2 is 2.40 bits per heavy atom. The minimum Gasteiger partial charge on any atom is -0.309 e. The van der Waals surface area contributed by atoms with Gasteiger partial charge in [0.25, 0.3) is 0 Å². The average Bonchev–Trinajstić information content (AvgIpc) is 2.90. The molecule has 1 aromatic rings. The molecule has 1 fully saturated rings. The minimum absolute atomic E-state index is 0.374. The first-order valence-electron chi connectivity index (χ1n) is 5.43. The molecule has 1 heterocycles. The van der Waals surface area contributed by atoms with E-state index in [4.69, 9.17) is 11.6 Å². The van der Waals surface area contributed by atoms with Crippen molar-refractivity contribution in [3.8, 4) is 0 Å². The van der Waals surface area contributed by atoms with Crippen molar-refractivity contribution in [3.63, 3.8) is 0 Å². The molecule has 0 bridgehead atoms. The summed E-state index contributed by atoms with van der Waals surface area (Å²) in [7, 11) is 0. The van der Waals surface area contributed by atoms with Crippen LogP contribution in [0.25, 0.3) is 0 Å². The third-order valence-corrected chi connectivity index (χ3v) is 3.59. The topological polar surface area (TPSA) is 42.7 Å². The van der Waals surface area contributed by atoms with Gasteiger partial charge in [0.2, 0.25) is 0 Å². The summed E-state index contributed by atoms with van der Waals surface area (Å²) >= 11 is 5.90. The highest BCUT2D eigenvalue weighted by Gasteiger charge is 2.41. The number of hydrogen-bond acceptors (Lipinski definition) is 3. The van der Waals surface area contributed by atoms with Crippen LogP contribution in [0.3, 0.4) is 0 Å². The van der Waals surface area contributed by atoms with Crippen molar-refractivity contribution in [3.05, 3.63) is 12.2 Å². The lowest BCUT2D eigenvalue weighted by atomic mass is 10.1. The normalized spacial score (nSPS) is 18.0. The maximum absolute atomic E-state index is 5.90. The molecule has 1 aliphatic carbocycles. The lowest BCUT2D eigenvalue weighted by molar-refractivity contribution is 0.485. The van der Waals surface area contributed by atoms with E-state index in [1.165, 1.54) is 12.8 Å². The molecule has 1 aliphatic rings. The highest BCUT2D eigenvalue weighted by molar-refractivity contribution is 6.18. The van der Waals surface area contributed by atoms with Crippen molar-refractivity contribution in [2.75, 3.05) is 12.4 Å². The molecule has 0 spiro atoms. The fraction of sp³-hybridized carbons (Fsp3) is 0.800. The summed E-state index contributed by atoms with van der Waals surface area (Å²) < 4.78 is 1.91. The Bertz CT molecular complexity index is 319. The van der Waals surface area contributed by atoms with E-state index in [0.717, 1.165) is 31.3 Å². The third kappa shape index (κ3) is 2.49. The van der Waals surface area contributed by atoms with Crippen LogP contribution < -0.4 is 5.32 Å². The highest BCUT2D eigenvalue weighted by atomic mass is 35.5. The van der Waals surface area contributed by atoms with Crippen molar-refractivity contribution < 1.29 is 0 Å². The molecular formula is C10H17ClN4. The molecule has 0 aliphatic heterocycles. The number of aryl methyl sites for hydroxylation is 1. The van der Waals surface area contributed by atoms with Gasteiger partial charge in [-0.2, -0.15) is 5.10 Å². The van der Waals surface area contributed by atoms with Gasteiger partial charge < -0.3 is 5.32 Å². The van der Waals surface area contributed by atoms with E-state index >= 15 is 0 Å². The van der Waals surface area contributed by atoms with Gasteiger partial charge in [-0.3, -0.25) is 0 Å². The van der Waals surface area contributed by atoms with Crippen LogP contribution in [0.5, 0.6) is 0 Å². The summed E-state index contributed by atoms with van der Waals surface area (Å²) in [5.41, 5.74) is 0.374. The molecule has 0 radical (unpaired) electrons. The van der Waals surface area contributed by atoms with Crippen LogP contribution in [0, 0.1) is 5.41 Å². The van der Waals surface area contributed by atoms with E-state index in [1.807, 2.05) is 4.68 Å². The predicted octanol–water partition coefficient (Wildman–Crippen LogP) is 1.41. The second-order valence-electron chi connectivity index (χ2n) is 4.23. The Morgan fingerprint density at radius 1 is 1.60 bits per heavy atom. The summed E-state index contributed by atoms with van der Waals surface area (Å²) in [6, 6.07) is 0. The van der Waals surface area contributed by atoms with E-state index in [0.29, 0.717) is 5.41 Å². The number of hydrogen-bond donors (Lipinski definition) is 1. The fourth-order valence-corrected chi connectivity index (χ4v) is 2.02. The van der Waals surface area contributed by atoms with Gasteiger partial charge in [0.15, 0.2) is 0 Å². The van der Waals surface area contributed by atoms with Crippen LogP contribution in [0.4, 0.5) is 0 Å². The zero-order valence-corrected chi connectivity index (χ0v) is 9.80. The van der Waals surface area contributed by atoms with Crippen molar-refractivity contribution in [1.82, 2.24) is 20.1 Å². The Balaban J connectivity index is 1.78. The molecule has 84 valence electrons. The largest absolute Gasteiger partial charge is 0.309 e. The maximum Gasteiger partial charge on any atom is 0.140 e. The van der Waals surface area contributed by atoms with Gasteiger partial charge in [0.1, 0.15) is 12.2 Å². The first kappa shape index (κ1) is 10.9. The monoisotopic (exact) mass is 228 g/mol. The van der Waals surface area contributed by atoms with Gasteiger partial charge in [-0.05, 0) is 25.2 Å². The zero-order chi connectivity index (χ0) is 10.7. The van der Waals surface area contributed by atoms with Crippen LogP contribution in [-0.2, 0) is 13.1 Å². The molecule has 2 rings (SSSR count). The molecule has 0 amide bonds. The molecule has 0 unspecified atom stereocenters. The number of alkyl halides is 1. The molecule has 4 nitrogen and oxygen atoms in total. The summed E-state index contributed by atoms with van der Waals surface area (Å²) in [6.07, 6.45) is 4.11. The van der Waals surface area contributed by atoms with Crippen molar-refractivity contribution >= 4 is 11.6 Å². The Hall–Kier alpha value is -0.610. The lowest BCUT2D eigenvalue weighted by Gasteiger charge is -2.12. The van der Waals surface area contributed by atoms with Crippen LogP contribution in [0.15, 0.2) is 6.33 Å². The standard InChI is InChI=1S/C10H17ClN4/c1-2-15-9(13-8-14-15)5-12-7-10(6-11)3-4-10/h8,12H,2-7H2,1H3. The molecular weight excluding hydrogens is 212 g/mol. The first-order chi connectivity index (χ1) is 7.29. The highest BCUT2D eigenvalue weighted by Crippen LogP contribution is 2.45.